The molecule has 0 spiro atoms. The molecule has 1 aromatic carbocycles. The van der Waals surface area contributed by atoms with Crippen molar-refractivity contribution < 1.29 is 0 Å². The molecule has 2 atom stereocenters. The second kappa shape index (κ2) is 4.52. The zero-order chi connectivity index (χ0) is 13.6. The molecule has 2 nitrogen and oxygen atoms in total. The van der Waals surface area contributed by atoms with Crippen molar-refractivity contribution in [2.24, 2.45) is 5.92 Å². The predicted octanol–water partition coefficient (Wildman–Crippen LogP) is 3.44. The molecule has 19 heavy (non-hydrogen) atoms. The van der Waals surface area contributed by atoms with Crippen molar-refractivity contribution in [2.75, 3.05) is 32.0 Å². The zero-order valence-electron chi connectivity index (χ0n) is 12.7. The number of nitrogens with one attached hydrogen (secondary N) is 1. The Morgan fingerprint density at radius 1 is 1.26 bits per heavy atom. The number of likely N-dealkylation sites (tertiary alicyclic amines) is 1. The van der Waals surface area contributed by atoms with E-state index in [1.54, 1.807) is 5.56 Å². The van der Waals surface area contributed by atoms with Gasteiger partial charge in [-0.3, -0.25) is 0 Å². The second-order valence-electron chi connectivity index (χ2n) is 7.35. The third kappa shape index (κ3) is 2.38. The van der Waals surface area contributed by atoms with Gasteiger partial charge >= 0.3 is 0 Å². The fraction of sp³-hybridized carbons (Fsp3) is 0.647. The quantitative estimate of drug-likeness (QED) is 0.767. The number of rotatable bonds is 0. The lowest BCUT2D eigenvalue weighted by Crippen LogP contribution is -2.42. The zero-order valence-corrected chi connectivity index (χ0v) is 12.7. The van der Waals surface area contributed by atoms with E-state index in [0.717, 1.165) is 18.4 Å². The van der Waals surface area contributed by atoms with Crippen molar-refractivity contribution in [1.29, 1.82) is 0 Å². The molecule has 0 bridgehead atoms. The molecule has 0 aliphatic carbocycles. The maximum Gasteiger partial charge on any atom is 0.0376 e. The maximum absolute atomic E-state index is 3.63. The lowest BCUT2D eigenvalue weighted by molar-refractivity contribution is 0.187. The highest BCUT2D eigenvalue weighted by Gasteiger charge is 2.34. The van der Waals surface area contributed by atoms with E-state index in [4.69, 9.17) is 0 Å². The van der Waals surface area contributed by atoms with Crippen LogP contribution in [0, 0.1) is 5.92 Å². The maximum atomic E-state index is 3.63. The van der Waals surface area contributed by atoms with Crippen LogP contribution in [0.1, 0.15) is 44.2 Å². The average Bonchev–Trinajstić information content (AvgIpc) is 2.36. The Labute approximate surface area is 117 Å². The molecule has 0 amide bonds. The van der Waals surface area contributed by atoms with Crippen LogP contribution in [-0.2, 0) is 5.41 Å². The summed E-state index contributed by atoms with van der Waals surface area (Å²) in [5.74, 6) is 1.54. The van der Waals surface area contributed by atoms with Crippen LogP contribution in [0.3, 0.4) is 0 Å². The van der Waals surface area contributed by atoms with Gasteiger partial charge in [0.1, 0.15) is 0 Å². The molecule has 0 saturated carbocycles. The van der Waals surface area contributed by atoms with Crippen molar-refractivity contribution in [2.45, 2.75) is 38.5 Å². The first-order chi connectivity index (χ1) is 8.95. The first kappa shape index (κ1) is 13.0. The normalized spacial score (nSPS) is 27.4. The Kier molecular flexibility index (Phi) is 3.09. The van der Waals surface area contributed by atoms with Crippen LogP contribution in [0.25, 0.3) is 0 Å². The average molecular weight is 258 g/mol. The topological polar surface area (TPSA) is 15.3 Å². The number of hydrogen-bond donors (Lipinski definition) is 1. The third-order valence-corrected chi connectivity index (χ3v) is 4.81. The Morgan fingerprint density at radius 3 is 2.79 bits per heavy atom. The molecule has 2 aliphatic rings. The first-order valence-corrected chi connectivity index (χ1v) is 7.52. The van der Waals surface area contributed by atoms with Gasteiger partial charge in [0, 0.05) is 18.8 Å². The fourth-order valence-electron chi connectivity index (χ4n) is 3.57. The highest BCUT2D eigenvalue weighted by atomic mass is 15.1. The molecule has 2 aliphatic heterocycles. The van der Waals surface area contributed by atoms with Gasteiger partial charge in [0.25, 0.3) is 0 Å². The first-order valence-electron chi connectivity index (χ1n) is 7.52. The van der Waals surface area contributed by atoms with Crippen LogP contribution in [0.5, 0.6) is 0 Å². The molecule has 2 heteroatoms. The van der Waals surface area contributed by atoms with Crippen LogP contribution in [-0.4, -0.2) is 31.6 Å². The van der Waals surface area contributed by atoms with E-state index in [0.29, 0.717) is 0 Å². The van der Waals surface area contributed by atoms with E-state index in [9.17, 15) is 0 Å². The van der Waals surface area contributed by atoms with Crippen LogP contribution in [0.15, 0.2) is 18.2 Å². The van der Waals surface area contributed by atoms with E-state index < -0.39 is 0 Å². The summed E-state index contributed by atoms with van der Waals surface area (Å²) in [5.41, 5.74) is 4.65. The molecule has 0 aromatic heterocycles. The minimum atomic E-state index is 0.243. The van der Waals surface area contributed by atoms with E-state index in [2.05, 4.69) is 56.2 Å². The summed E-state index contributed by atoms with van der Waals surface area (Å²) in [7, 11) is 2.25. The summed E-state index contributed by atoms with van der Waals surface area (Å²) in [5, 5.41) is 3.63. The summed E-state index contributed by atoms with van der Waals surface area (Å²) in [6, 6.07) is 7.05. The fourth-order valence-corrected chi connectivity index (χ4v) is 3.57. The van der Waals surface area contributed by atoms with E-state index in [-0.39, 0.29) is 5.41 Å². The Hall–Kier alpha value is -1.02. The smallest absolute Gasteiger partial charge is 0.0376 e. The number of fused-ring (bicyclic) bond motifs is 3. The Bertz CT molecular complexity index is 473. The van der Waals surface area contributed by atoms with Crippen LogP contribution < -0.4 is 5.32 Å². The number of benzene rings is 1. The molecule has 2 heterocycles. The Balaban J connectivity index is 1.97. The van der Waals surface area contributed by atoms with Crippen molar-refractivity contribution in [1.82, 2.24) is 4.90 Å². The lowest BCUT2D eigenvalue weighted by atomic mass is 9.75. The third-order valence-electron chi connectivity index (χ3n) is 4.81. The highest BCUT2D eigenvalue weighted by molar-refractivity contribution is 5.57. The number of anilines is 1. The minimum Gasteiger partial charge on any atom is -0.384 e. The minimum absolute atomic E-state index is 0.243. The van der Waals surface area contributed by atoms with Gasteiger partial charge in [-0.15, -0.1) is 0 Å². The summed E-state index contributed by atoms with van der Waals surface area (Å²) < 4.78 is 0. The van der Waals surface area contributed by atoms with Crippen molar-refractivity contribution in [3.8, 4) is 0 Å². The van der Waals surface area contributed by atoms with E-state index in [1.165, 1.54) is 30.8 Å². The SMILES string of the molecule is CN1CCC2c3cc(C(C)(C)C)ccc3NCC2C1. The van der Waals surface area contributed by atoms with Crippen LogP contribution in [0.4, 0.5) is 5.69 Å². The Morgan fingerprint density at radius 2 is 2.05 bits per heavy atom. The van der Waals surface area contributed by atoms with E-state index in [1.807, 2.05) is 0 Å². The second-order valence-corrected chi connectivity index (χ2v) is 7.35. The van der Waals surface area contributed by atoms with Crippen LogP contribution in [0.2, 0.25) is 0 Å². The molecule has 1 fully saturated rings. The molecular weight excluding hydrogens is 232 g/mol. The molecular formula is C17H26N2. The van der Waals surface area contributed by atoms with Gasteiger partial charge in [0.05, 0.1) is 0 Å². The standard InChI is InChI=1S/C17H26N2/c1-17(2,3)13-5-6-16-15(9-13)14-7-8-19(4)11-12(14)10-18-16/h5-6,9,12,14,18H,7-8,10-11H2,1-4H3. The highest BCUT2D eigenvalue weighted by Crippen LogP contribution is 2.41. The number of nitrogens with zero attached hydrogens (tertiary/aromatic N) is 1. The molecule has 3 rings (SSSR count). The summed E-state index contributed by atoms with van der Waals surface area (Å²) >= 11 is 0. The molecule has 104 valence electrons. The summed E-state index contributed by atoms with van der Waals surface area (Å²) in [6.07, 6.45) is 1.31. The van der Waals surface area contributed by atoms with Gasteiger partial charge in [-0.05, 0) is 54.5 Å². The summed E-state index contributed by atoms with van der Waals surface area (Å²) in [4.78, 5) is 2.47. The molecule has 0 radical (unpaired) electrons. The lowest BCUT2D eigenvalue weighted by Gasteiger charge is -2.42. The van der Waals surface area contributed by atoms with Gasteiger partial charge in [-0.1, -0.05) is 32.9 Å². The van der Waals surface area contributed by atoms with Gasteiger partial charge in [-0.25, -0.2) is 0 Å². The molecule has 2 unspecified atom stereocenters. The van der Waals surface area contributed by atoms with E-state index >= 15 is 0 Å². The number of hydrogen-bond acceptors (Lipinski definition) is 2. The van der Waals surface area contributed by atoms with Gasteiger partial charge < -0.3 is 10.2 Å². The monoisotopic (exact) mass is 258 g/mol. The van der Waals surface area contributed by atoms with Gasteiger partial charge in [-0.2, -0.15) is 0 Å². The number of piperidine rings is 1. The summed E-state index contributed by atoms with van der Waals surface area (Å²) in [6.45, 7) is 10.5. The molecule has 1 N–H and O–H groups in total. The predicted molar refractivity (Wildman–Crippen MR) is 82.0 cm³/mol. The van der Waals surface area contributed by atoms with Crippen molar-refractivity contribution in [3.05, 3.63) is 29.3 Å². The van der Waals surface area contributed by atoms with Crippen LogP contribution >= 0.6 is 0 Å². The van der Waals surface area contributed by atoms with Crippen molar-refractivity contribution >= 4 is 5.69 Å². The largest absolute Gasteiger partial charge is 0.384 e. The van der Waals surface area contributed by atoms with Gasteiger partial charge in [0.2, 0.25) is 0 Å². The van der Waals surface area contributed by atoms with Gasteiger partial charge in [0.15, 0.2) is 0 Å². The molecule has 1 saturated heterocycles. The van der Waals surface area contributed by atoms with Crippen molar-refractivity contribution in [3.63, 3.8) is 0 Å². The molecule has 1 aromatic rings.